The summed E-state index contributed by atoms with van der Waals surface area (Å²) in [5, 5.41) is 1.82. The Morgan fingerprint density at radius 3 is 2.52 bits per heavy atom. The zero-order valence-electron chi connectivity index (χ0n) is 14.4. The predicted octanol–water partition coefficient (Wildman–Crippen LogP) is 4.11. The number of rotatable bonds is 6. The number of halogens is 2. The van der Waals surface area contributed by atoms with Crippen molar-refractivity contribution in [1.82, 2.24) is 14.0 Å². The molecular weight excluding hydrogens is 357 g/mol. The zero-order valence-corrected chi connectivity index (χ0v) is 15.9. The maximum Gasteiger partial charge on any atom is 0.260 e. The van der Waals surface area contributed by atoms with Crippen molar-refractivity contribution in [3.63, 3.8) is 0 Å². The van der Waals surface area contributed by atoms with Crippen molar-refractivity contribution in [2.45, 2.75) is 20.0 Å². The quantitative estimate of drug-likeness (QED) is 0.646. The van der Waals surface area contributed by atoms with Gasteiger partial charge < -0.3 is 14.0 Å². The van der Waals surface area contributed by atoms with Crippen molar-refractivity contribution in [2.75, 3.05) is 20.1 Å². The summed E-state index contributed by atoms with van der Waals surface area (Å²) >= 11 is 12.1. The second-order valence-corrected chi connectivity index (χ2v) is 7.02. The lowest BCUT2D eigenvalue weighted by Gasteiger charge is -2.15. The standard InChI is InChI=1S/C19H21Cl2N3O/c1-3-22(2)10-11-23-9-7-18-15(19(23)25)6-8-24(18)13-14-4-5-16(20)17(21)12-14/h4-9,12H,3,10-11,13H2,1-2H3. The van der Waals surface area contributed by atoms with Crippen LogP contribution in [-0.4, -0.2) is 34.2 Å². The SMILES string of the molecule is CCN(C)CCn1ccc2c(ccn2Cc2ccc(Cl)c(Cl)c2)c1=O. The third kappa shape index (κ3) is 3.92. The summed E-state index contributed by atoms with van der Waals surface area (Å²) in [5.41, 5.74) is 2.02. The first-order valence-electron chi connectivity index (χ1n) is 8.30. The molecule has 0 bridgehead atoms. The van der Waals surface area contributed by atoms with E-state index in [9.17, 15) is 4.79 Å². The van der Waals surface area contributed by atoms with E-state index in [0.29, 0.717) is 23.1 Å². The fourth-order valence-corrected chi connectivity index (χ4v) is 3.14. The molecule has 2 heterocycles. The largest absolute Gasteiger partial charge is 0.343 e. The van der Waals surface area contributed by atoms with Gasteiger partial charge in [-0.2, -0.15) is 0 Å². The number of fused-ring (bicyclic) bond motifs is 1. The highest BCUT2D eigenvalue weighted by atomic mass is 35.5. The van der Waals surface area contributed by atoms with E-state index in [4.69, 9.17) is 23.2 Å². The molecule has 4 nitrogen and oxygen atoms in total. The molecular formula is C19H21Cl2N3O. The normalized spacial score (nSPS) is 11.6. The smallest absolute Gasteiger partial charge is 0.260 e. The molecule has 2 aromatic heterocycles. The second kappa shape index (κ2) is 7.65. The average molecular weight is 378 g/mol. The molecule has 0 atom stereocenters. The fraction of sp³-hybridized carbons (Fsp3) is 0.316. The molecule has 0 spiro atoms. The maximum atomic E-state index is 12.7. The van der Waals surface area contributed by atoms with Crippen LogP contribution in [0.15, 0.2) is 47.5 Å². The molecule has 0 N–H and O–H groups in total. The first-order chi connectivity index (χ1) is 12.0. The van der Waals surface area contributed by atoms with Crippen LogP contribution in [0.5, 0.6) is 0 Å². The first kappa shape index (κ1) is 18.1. The molecule has 0 radical (unpaired) electrons. The summed E-state index contributed by atoms with van der Waals surface area (Å²) < 4.78 is 3.83. The van der Waals surface area contributed by atoms with Crippen molar-refractivity contribution in [3.05, 3.63) is 68.7 Å². The number of hydrogen-bond donors (Lipinski definition) is 0. The Balaban J connectivity index is 1.87. The van der Waals surface area contributed by atoms with Crippen LogP contribution in [0, 0.1) is 0 Å². The van der Waals surface area contributed by atoms with Crippen molar-refractivity contribution in [2.24, 2.45) is 0 Å². The molecule has 132 valence electrons. The minimum atomic E-state index is 0.0508. The molecule has 0 saturated carbocycles. The lowest BCUT2D eigenvalue weighted by Crippen LogP contribution is -2.28. The molecule has 0 fully saturated rings. The lowest BCUT2D eigenvalue weighted by molar-refractivity contribution is 0.333. The van der Waals surface area contributed by atoms with Crippen LogP contribution in [0.3, 0.4) is 0 Å². The summed E-state index contributed by atoms with van der Waals surface area (Å²) in [6, 6.07) is 9.48. The number of aromatic nitrogens is 2. The van der Waals surface area contributed by atoms with Gasteiger partial charge in [0, 0.05) is 32.0 Å². The molecule has 1 aromatic carbocycles. The van der Waals surface area contributed by atoms with Crippen molar-refractivity contribution in [1.29, 1.82) is 0 Å². The minimum Gasteiger partial charge on any atom is -0.343 e. The van der Waals surface area contributed by atoms with E-state index in [1.165, 1.54) is 0 Å². The highest BCUT2D eigenvalue weighted by molar-refractivity contribution is 6.42. The summed E-state index contributed by atoms with van der Waals surface area (Å²) in [6.07, 6.45) is 3.82. The van der Waals surface area contributed by atoms with E-state index in [0.717, 1.165) is 29.6 Å². The van der Waals surface area contributed by atoms with Gasteiger partial charge in [-0.25, -0.2) is 0 Å². The van der Waals surface area contributed by atoms with Crippen LogP contribution < -0.4 is 5.56 Å². The molecule has 0 aliphatic heterocycles. The fourth-order valence-electron chi connectivity index (χ4n) is 2.82. The lowest BCUT2D eigenvalue weighted by atomic mass is 10.2. The van der Waals surface area contributed by atoms with Crippen LogP contribution in [-0.2, 0) is 13.1 Å². The van der Waals surface area contributed by atoms with Gasteiger partial charge in [-0.05, 0) is 43.4 Å². The summed E-state index contributed by atoms with van der Waals surface area (Å²) in [4.78, 5) is 14.9. The summed E-state index contributed by atoms with van der Waals surface area (Å²) in [7, 11) is 2.05. The number of nitrogens with zero attached hydrogens (tertiary/aromatic N) is 3. The Kier molecular flexibility index (Phi) is 5.52. The van der Waals surface area contributed by atoms with Gasteiger partial charge >= 0.3 is 0 Å². The number of benzene rings is 1. The topological polar surface area (TPSA) is 30.2 Å². The molecule has 3 rings (SSSR count). The predicted molar refractivity (Wildman–Crippen MR) is 105 cm³/mol. The molecule has 6 heteroatoms. The van der Waals surface area contributed by atoms with E-state index in [2.05, 4.69) is 23.4 Å². The van der Waals surface area contributed by atoms with E-state index >= 15 is 0 Å². The van der Waals surface area contributed by atoms with Gasteiger partial charge in [-0.15, -0.1) is 0 Å². The van der Waals surface area contributed by atoms with Crippen molar-refractivity contribution in [3.8, 4) is 0 Å². The molecule has 0 aliphatic rings. The zero-order chi connectivity index (χ0) is 18.0. The van der Waals surface area contributed by atoms with Crippen LogP contribution in [0.4, 0.5) is 0 Å². The molecule has 0 amide bonds. The average Bonchev–Trinajstić information content (AvgIpc) is 3.01. The molecule has 0 saturated heterocycles. The van der Waals surface area contributed by atoms with Crippen LogP contribution in [0.1, 0.15) is 12.5 Å². The third-order valence-electron chi connectivity index (χ3n) is 4.51. The summed E-state index contributed by atoms with van der Waals surface area (Å²) in [5.74, 6) is 0. The van der Waals surface area contributed by atoms with Gasteiger partial charge in [0.15, 0.2) is 0 Å². The number of pyridine rings is 1. The van der Waals surface area contributed by atoms with E-state index in [1.807, 2.05) is 36.7 Å². The van der Waals surface area contributed by atoms with Crippen LogP contribution in [0.2, 0.25) is 10.0 Å². The van der Waals surface area contributed by atoms with E-state index < -0.39 is 0 Å². The number of hydrogen-bond acceptors (Lipinski definition) is 2. The summed E-state index contributed by atoms with van der Waals surface area (Å²) in [6.45, 7) is 5.26. The Hall–Kier alpha value is -1.75. The maximum absolute atomic E-state index is 12.7. The molecule has 3 aromatic rings. The minimum absolute atomic E-state index is 0.0508. The van der Waals surface area contributed by atoms with Gasteiger partial charge in [-0.3, -0.25) is 4.79 Å². The Labute approximate surface area is 157 Å². The molecule has 25 heavy (non-hydrogen) atoms. The van der Waals surface area contributed by atoms with Crippen LogP contribution in [0.25, 0.3) is 10.9 Å². The Morgan fingerprint density at radius 1 is 1.04 bits per heavy atom. The Morgan fingerprint density at radius 2 is 1.80 bits per heavy atom. The van der Waals surface area contributed by atoms with Gasteiger partial charge in [0.05, 0.1) is 20.9 Å². The first-order valence-corrected chi connectivity index (χ1v) is 9.06. The van der Waals surface area contributed by atoms with Crippen molar-refractivity contribution < 1.29 is 0 Å². The number of likely N-dealkylation sites (N-methyl/N-ethyl adjacent to an activating group) is 1. The van der Waals surface area contributed by atoms with Crippen molar-refractivity contribution >= 4 is 34.1 Å². The van der Waals surface area contributed by atoms with Gasteiger partial charge in [0.2, 0.25) is 0 Å². The van der Waals surface area contributed by atoms with Crippen LogP contribution >= 0.6 is 23.2 Å². The van der Waals surface area contributed by atoms with E-state index in [1.54, 1.807) is 10.6 Å². The highest BCUT2D eigenvalue weighted by Gasteiger charge is 2.09. The van der Waals surface area contributed by atoms with Gasteiger partial charge in [0.25, 0.3) is 5.56 Å². The van der Waals surface area contributed by atoms with E-state index in [-0.39, 0.29) is 5.56 Å². The Bertz CT molecular complexity index is 945. The molecule has 0 unspecified atom stereocenters. The molecule has 0 aliphatic carbocycles. The van der Waals surface area contributed by atoms with Gasteiger partial charge in [-0.1, -0.05) is 36.2 Å². The van der Waals surface area contributed by atoms with Gasteiger partial charge in [0.1, 0.15) is 0 Å². The monoisotopic (exact) mass is 377 g/mol. The third-order valence-corrected chi connectivity index (χ3v) is 5.25. The second-order valence-electron chi connectivity index (χ2n) is 6.20. The highest BCUT2D eigenvalue weighted by Crippen LogP contribution is 2.23.